The molecule has 110 valence electrons. The number of carbonyl (C=O) groups excluding carboxylic acids is 1. The lowest BCUT2D eigenvalue weighted by Gasteiger charge is -2.31. The van der Waals surface area contributed by atoms with Crippen LogP contribution in [0.3, 0.4) is 0 Å². The number of aromatic nitrogens is 2. The molecule has 0 unspecified atom stereocenters. The second-order valence-corrected chi connectivity index (χ2v) is 5.23. The van der Waals surface area contributed by atoms with Gasteiger partial charge in [0.25, 0.3) is 0 Å². The van der Waals surface area contributed by atoms with Gasteiger partial charge in [-0.15, -0.1) is 6.58 Å². The molecule has 1 aliphatic rings. The van der Waals surface area contributed by atoms with Crippen molar-refractivity contribution >= 4 is 5.91 Å². The minimum absolute atomic E-state index is 0.209. The van der Waals surface area contributed by atoms with E-state index in [1.54, 1.807) is 6.08 Å². The summed E-state index contributed by atoms with van der Waals surface area (Å²) in [6.45, 7) is 8.47. The number of rotatable bonds is 6. The Hall–Kier alpha value is -1.62. The highest BCUT2D eigenvalue weighted by atomic mass is 16.5. The Labute approximate surface area is 120 Å². The summed E-state index contributed by atoms with van der Waals surface area (Å²) in [5.41, 5.74) is 1.12. The summed E-state index contributed by atoms with van der Waals surface area (Å²) in [4.78, 5) is 14.1. The molecule has 0 radical (unpaired) electrons. The lowest BCUT2D eigenvalue weighted by Crippen LogP contribution is -2.41. The first-order valence-electron chi connectivity index (χ1n) is 7.18. The summed E-state index contributed by atoms with van der Waals surface area (Å²) in [6, 6.07) is 0. The summed E-state index contributed by atoms with van der Waals surface area (Å²) >= 11 is 0. The maximum Gasteiger partial charge on any atom is 0.224 e. The zero-order valence-corrected chi connectivity index (χ0v) is 12.1. The molecule has 1 saturated heterocycles. The van der Waals surface area contributed by atoms with Crippen LogP contribution in [0.5, 0.6) is 0 Å². The van der Waals surface area contributed by atoms with E-state index in [0.717, 1.165) is 31.5 Å². The Morgan fingerprint density at radius 1 is 1.55 bits per heavy atom. The molecule has 1 aliphatic heterocycles. The molecule has 0 saturated carbocycles. The lowest BCUT2D eigenvalue weighted by molar-refractivity contribution is -0.134. The van der Waals surface area contributed by atoms with E-state index in [9.17, 15) is 4.79 Å². The summed E-state index contributed by atoms with van der Waals surface area (Å²) in [5, 5.41) is 4.20. The van der Waals surface area contributed by atoms with Crippen LogP contribution in [0.25, 0.3) is 0 Å². The van der Waals surface area contributed by atoms with Gasteiger partial charge in [-0.05, 0) is 25.3 Å². The molecule has 2 rings (SSSR count). The number of amides is 1. The minimum Gasteiger partial charge on any atom is -0.374 e. The number of nitrogens with zero attached hydrogens (tertiary/aromatic N) is 3. The lowest BCUT2D eigenvalue weighted by atomic mass is 10.1. The van der Waals surface area contributed by atoms with Gasteiger partial charge in [-0.25, -0.2) is 0 Å². The van der Waals surface area contributed by atoms with Gasteiger partial charge in [0.15, 0.2) is 0 Å². The van der Waals surface area contributed by atoms with Crippen LogP contribution in [-0.2, 0) is 16.1 Å². The number of piperidine rings is 1. The van der Waals surface area contributed by atoms with E-state index in [1.165, 1.54) is 0 Å². The first kappa shape index (κ1) is 14.8. The van der Waals surface area contributed by atoms with Crippen molar-refractivity contribution in [3.05, 3.63) is 30.6 Å². The van der Waals surface area contributed by atoms with Gasteiger partial charge in [0.05, 0.1) is 18.9 Å². The average Bonchev–Trinajstić information content (AvgIpc) is 2.89. The van der Waals surface area contributed by atoms with Gasteiger partial charge < -0.3 is 9.64 Å². The number of likely N-dealkylation sites (tertiary alicyclic amines) is 1. The number of hydrogen-bond donors (Lipinski definition) is 0. The smallest absolute Gasteiger partial charge is 0.224 e. The highest BCUT2D eigenvalue weighted by Crippen LogP contribution is 2.14. The van der Waals surface area contributed by atoms with Crippen molar-refractivity contribution in [1.82, 2.24) is 14.7 Å². The molecule has 5 heteroatoms. The second kappa shape index (κ2) is 7.24. The molecule has 1 amide bonds. The van der Waals surface area contributed by atoms with E-state index in [4.69, 9.17) is 4.74 Å². The molecule has 1 fully saturated rings. The van der Waals surface area contributed by atoms with Crippen LogP contribution >= 0.6 is 0 Å². The maximum atomic E-state index is 12.1. The van der Waals surface area contributed by atoms with Crippen LogP contribution in [0.15, 0.2) is 25.0 Å². The SMILES string of the molecule is C=CCOC1CCN(C(=O)CCn2cc(C)cn2)CC1. The van der Waals surface area contributed by atoms with Crippen molar-refractivity contribution in [2.75, 3.05) is 19.7 Å². The van der Waals surface area contributed by atoms with Crippen LogP contribution < -0.4 is 0 Å². The average molecular weight is 277 g/mol. The molecule has 1 aromatic heterocycles. The predicted molar refractivity (Wildman–Crippen MR) is 77.3 cm³/mol. The molecular formula is C15H23N3O2. The molecule has 20 heavy (non-hydrogen) atoms. The standard InChI is InChI=1S/C15H23N3O2/c1-3-10-20-14-4-7-17(8-5-14)15(19)6-9-18-12-13(2)11-16-18/h3,11-12,14H,1,4-10H2,2H3. The van der Waals surface area contributed by atoms with Gasteiger partial charge in [-0.3, -0.25) is 9.48 Å². The summed E-state index contributed by atoms with van der Waals surface area (Å²) in [7, 11) is 0. The van der Waals surface area contributed by atoms with Crippen molar-refractivity contribution < 1.29 is 9.53 Å². The molecular weight excluding hydrogens is 254 g/mol. The number of ether oxygens (including phenoxy) is 1. The van der Waals surface area contributed by atoms with E-state index < -0.39 is 0 Å². The highest BCUT2D eigenvalue weighted by Gasteiger charge is 2.22. The van der Waals surface area contributed by atoms with Crippen LogP contribution in [0, 0.1) is 6.92 Å². The van der Waals surface area contributed by atoms with Crippen LogP contribution in [0.1, 0.15) is 24.8 Å². The van der Waals surface area contributed by atoms with E-state index in [-0.39, 0.29) is 12.0 Å². The number of aryl methyl sites for hydroxylation is 2. The van der Waals surface area contributed by atoms with Gasteiger partial charge in [-0.1, -0.05) is 6.08 Å². The quantitative estimate of drug-likeness (QED) is 0.745. The van der Waals surface area contributed by atoms with Gasteiger partial charge in [0.2, 0.25) is 5.91 Å². The highest BCUT2D eigenvalue weighted by molar-refractivity contribution is 5.76. The topological polar surface area (TPSA) is 47.4 Å². The van der Waals surface area contributed by atoms with Crippen LogP contribution in [0.4, 0.5) is 0 Å². The maximum absolute atomic E-state index is 12.1. The summed E-state index contributed by atoms with van der Waals surface area (Å²) in [5.74, 6) is 0.209. The first-order valence-corrected chi connectivity index (χ1v) is 7.18. The fourth-order valence-electron chi connectivity index (χ4n) is 2.43. The van der Waals surface area contributed by atoms with Crippen molar-refractivity contribution in [2.24, 2.45) is 0 Å². The molecule has 2 heterocycles. The Kier molecular flexibility index (Phi) is 5.35. The Balaban J connectivity index is 1.70. The van der Waals surface area contributed by atoms with Crippen molar-refractivity contribution in [1.29, 1.82) is 0 Å². The molecule has 5 nitrogen and oxygen atoms in total. The molecule has 1 aromatic rings. The van der Waals surface area contributed by atoms with E-state index in [0.29, 0.717) is 19.6 Å². The Morgan fingerprint density at radius 2 is 2.30 bits per heavy atom. The number of hydrogen-bond acceptors (Lipinski definition) is 3. The Morgan fingerprint density at radius 3 is 2.90 bits per heavy atom. The van der Waals surface area contributed by atoms with Crippen molar-refractivity contribution in [2.45, 2.75) is 38.8 Å². The van der Waals surface area contributed by atoms with Gasteiger partial charge in [0.1, 0.15) is 0 Å². The summed E-state index contributed by atoms with van der Waals surface area (Å²) in [6.07, 6.45) is 8.16. The predicted octanol–water partition coefficient (Wildman–Crippen LogP) is 1.78. The minimum atomic E-state index is 0.209. The fourth-order valence-corrected chi connectivity index (χ4v) is 2.43. The third kappa shape index (κ3) is 4.20. The first-order chi connectivity index (χ1) is 9.69. The van der Waals surface area contributed by atoms with E-state index >= 15 is 0 Å². The molecule has 0 aliphatic carbocycles. The normalized spacial score (nSPS) is 16.4. The van der Waals surface area contributed by atoms with E-state index in [2.05, 4.69) is 11.7 Å². The molecule has 0 atom stereocenters. The molecule has 0 bridgehead atoms. The summed E-state index contributed by atoms with van der Waals surface area (Å²) < 4.78 is 7.45. The third-order valence-corrected chi connectivity index (χ3v) is 3.56. The van der Waals surface area contributed by atoms with Gasteiger partial charge in [0, 0.05) is 32.3 Å². The Bertz CT molecular complexity index is 448. The van der Waals surface area contributed by atoms with E-state index in [1.807, 2.05) is 28.9 Å². The zero-order chi connectivity index (χ0) is 14.4. The largest absolute Gasteiger partial charge is 0.374 e. The molecule has 0 N–H and O–H groups in total. The van der Waals surface area contributed by atoms with Crippen LogP contribution in [0.2, 0.25) is 0 Å². The third-order valence-electron chi connectivity index (χ3n) is 3.56. The molecule has 0 aromatic carbocycles. The molecule has 0 spiro atoms. The second-order valence-electron chi connectivity index (χ2n) is 5.23. The monoisotopic (exact) mass is 277 g/mol. The number of carbonyl (C=O) groups is 1. The van der Waals surface area contributed by atoms with Gasteiger partial charge in [-0.2, -0.15) is 5.10 Å². The van der Waals surface area contributed by atoms with Gasteiger partial charge >= 0.3 is 0 Å². The zero-order valence-electron chi connectivity index (χ0n) is 12.1. The fraction of sp³-hybridized carbons (Fsp3) is 0.600. The van der Waals surface area contributed by atoms with Crippen LogP contribution in [-0.4, -0.2) is 46.4 Å². The van der Waals surface area contributed by atoms with Crippen molar-refractivity contribution in [3.8, 4) is 0 Å². The van der Waals surface area contributed by atoms with Crippen molar-refractivity contribution in [3.63, 3.8) is 0 Å².